The fourth-order valence-electron chi connectivity index (χ4n) is 2.59. The molecule has 0 radical (unpaired) electrons. The zero-order chi connectivity index (χ0) is 15.4. The first-order valence-corrected chi connectivity index (χ1v) is 7.44. The van der Waals surface area contributed by atoms with Crippen LogP contribution < -0.4 is 0 Å². The highest BCUT2D eigenvalue weighted by Gasteiger charge is 2.30. The zero-order valence-corrected chi connectivity index (χ0v) is 12.3. The molecule has 0 fully saturated rings. The largest absolute Gasteiger partial charge is 0.390 e. The summed E-state index contributed by atoms with van der Waals surface area (Å²) in [4.78, 5) is 0. The Balaban J connectivity index is 1.62. The number of rotatable bonds is 4. The van der Waals surface area contributed by atoms with Gasteiger partial charge in [0, 0.05) is 6.42 Å². The molecule has 1 aliphatic rings. The van der Waals surface area contributed by atoms with Gasteiger partial charge in [0.05, 0.1) is 19.3 Å². The molecule has 116 valence electrons. The number of hydrogen-bond donors (Lipinski definition) is 2. The zero-order valence-electron chi connectivity index (χ0n) is 12.3. The van der Waals surface area contributed by atoms with Crippen molar-refractivity contribution in [3.8, 4) is 0 Å². The second-order valence-electron chi connectivity index (χ2n) is 5.51. The molecule has 4 nitrogen and oxygen atoms in total. The topological polar surface area (TPSA) is 58.9 Å². The van der Waals surface area contributed by atoms with Gasteiger partial charge in [-0.3, -0.25) is 0 Å². The highest BCUT2D eigenvalue weighted by Crippen LogP contribution is 2.21. The smallest absolute Gasteiger partial charge is 0.186 e. The highest BCUT2D eigenvalue weighted by molar-refractivity contribution is 5.26. The molecule has 0 amide bonds. The predicted octanol–water partition coefficient (Wildman–Crippen LogP) is 2.02. The molecule has 0 spiro atoms. The van der Waals surface area contributed by atoms with Crippen LogP contribution in [-0.4, -0.2) is 28.7 Å². The van der Waals surface area contributed by atoms with Crippen LogP contribution in [-0.2, 0) is 29.1 Å². The summed E-state index contributed by atoms with van der Waals surface area (Å²) in [5.74, 6) is 0. The first kappa shape index (κ1) is 15.2. The van der Waals surface area contributed by atoms with Gasteiger partial charge in [-0.25, -0.2) is 0 Å². The molecular formula is C18H20O4. The van der Waals surface area contributed by atoms with Crippen LogP contribution in [0, 0.1) is 0 Å². The third-order valence-corrected chi connectivity index (χ3v) is 3.89. The van der Waals surface area contributed by atoms with Gasteiger partial charge in [0.25, 0.3) is 0 Å². The van der Waals surface area contributed by atoms with E-state index in [1.807, 2.05) is 54.6 Å². The summed E-state index contributed by atoms with van der Waals surface area (Å²) >= 11 is 0. The molecule has 0 aromatic heterocycles. The second-order valence-corrected chi connectivity index (χ2v) is 5.51. The van der Waals surface area contributed by atoms with E-state index in [-0.39, 0.29) is 0 Å². The Morgan fingerprint density at radius 2 is 1.41 bits per heavy atom. The van der Waals surface area contributed by atoms with E-state index in [1.54, 1.807) is 0 Å². The maximum absolute atomic E-state index is 10.3. The quantitative estimate of drug-likeness (QED) is 0.907. The summed E-state index contributed by atoms with van der Waals surface area (Å²) in [7, 11) is 0. The molecule has 22 heavy (non-hydrogen) atoms. The number of aliphatic hydroxyl groups is 2. The van der Waals surface area contributed by atoms with Crippen LogP contribution in [0.1, 0.15) is 16.7 Å². The standard InChI is InChI=1S/C18H20O4/c19-16(10-13-6-2-1-3-7-13)17(20)18-21-11-14-8-4-5-9-15(14)12-22-18/h1-9,16-20H,10-12H2/t16-,17+/m0/s1. The minimum Gasteiger partial charge on any atom is -0.390 e. The van der Waals surface area contributed by atoms with Gasteiger partial charge in [-0.15, -0.1) is 0 Å². The van der Waals surface area contributed by atoms with Crippen molar-refractivity contribution in [2.75, 3.05) is 0 Å². The van der Waals surface area contributed by atoms with Crippen molar-refractivity contribution >= 4 is 0 Å². The average molecular weight is 300 g/mol. The third-order valence-electron chi connectivity index (χ3n) is 3.89. The maximum atomic E-state index is 10.3. The van der Waals surface area contributed by atoms with Crippen LogP contribution >= 0.6 is 0 Å². The lowest BCUT2D eigenvalue weighted by Crippen LogP contribution is -2.41. The second kappa shape index (κ2) is 7.03. The summed E-state index contributed by atoms with van der Waals surface area (Å²) in [6.45, 7) is 0.742. The average Bonchev–Trinajstić information content (AvgIpc) is 2.78. The van der Waals surface area contributed by atoms with Crippen LogP contribution in [0.25, 0.3) is 0 Å². The van der Waals surface area contributed by atoms with Crippen molar-refractivity contribution in [1.82, 2.24) is 0 Å². The summed E-state index contributed by atoms with van der Waals surface area (Å²) in [6, 6.07) is 17.4. The van der Waals surface area contributed by atoms with Crippen LogP contribution in [0.4, 0.5) is 0 Å². The van der Waals surface area contributed by atoms with E-state index in [0.29, 0.717) is 19.6 Å². The third kappa shape index (κ3) is 3.54. The number of aliphatic hydroxyl groups excluding tert-OH is 2. The van der Waals surface area contributed by atoms with Gasteiger partial charge in [-0.05, 0) is 16.7 Å². The Hall–Kier alpha value is -1.72. The van der Waals surface area contributed by atoms with Gasteiger partial charge in [0.15, 0.2) is 6.29 Å². The maximum Gasteiger partial charge on any atom is 0.186 e. The summed E-state index contributed by atoms with van der Waals surface area (Å²) in [6.07, 6.45) is -2.49. The van der Waals surface area contributed by atoms with Gasteiger partial charge in [0.2, 0.25) is 0 Å². The van der Waals surface area contributed by atoms with Crippen molar-refractivity contribution in [3.05, 3.63) is 71.3 Å². The molecule has 0 bridgehead atoms. The number of ether oxygens (including phenoxy) is 2. The molecule has 4 heteroatoms. The lowest BCUT2D eigenvalue weighted by atomic mass is 10.0. The molecule has 2 atom stereocenters. The van der Waals surface area contributed by atoms with Crippen molar-refractivity contribution in [2.24, 2.45) is 0 Å². The van der Waals surface area contributed by atoms with Gasteiger partial charge < -0.3 is 19.7 Å². The fourth-order valence-corrected chi connectivity index (χ4v) is 2.59. The molecule has 3 rings (SSSR count). The van der Waals surface area contributed by atoms with E-state index in [4.69, 9.17) is 9.47 Å². The molecule has 0 saturated carbocycles. The number of benzene rings is 2. The van der Waals surface area contributed by atoms with Crippen molar-refractivity contribution in [1.29, 1.82) is 0 Å². The van der Waals surface area contributed by atoms with E-state index in [1.165, 1.54) is 0 Å². The fraction of sp³-hybridized carbons (Fsp3) is 0.333. The molecule has 1 heterocycles. The molecule has 2 N–H and O–H groups in total. The monoisotopic (exact) mass is 300 g/mol. The number of hydrogen-bond acceptors (Lipinski definition) is 4. The Labute approximate surface area is 129 Å². The van der Waals surface area contributed by atoms with Crippen molar-refractivity contribution < 1.29 is 19.7 Å². The van der Waals surface area contributed by atoms with E-state index in [0.717, 1.165) is 16.7 Å². The Bertz CT molecular complexity index is 572. The first-order valence-electron chi connectivity index (χ1n) is 7.44. The Morgan fingerprint density at radius 3 is 2.00 bits per heavy atom. The number of fused-ring (bicyclic) bond motifs is 1. The van der Waals surface area contributed by atoms with Crippen molar-refractivity contribution in [3.63, 3.8) is 0 Å². The van der Waals surface area contributed by atoms with Crippen LogP contribution in [0.15, 0.2) is 54.6 Å². The highest BCUT2D eigenvalue weighted by atomic mass is 16.7. The van der Waals surface area contributed by atoms with Crippen LogP contribution in [0.5, 0.6) is 0 Å². The Kier molecular flexibility index (Phi) is 4.85. The minimum absolute atomic E-state index is 0.359. The van der Waals surface area contributed by atoms with Gasteiger partial charge in [0.1, 0.15) is 6.10 Å². The molecule has 2 aromatic carbocycles. The normalized spacial score (nSPS) is 18.3. The first-order chi connectivity index (χ1) is 10.7. The van der Waals surface area contributed by atoms with Crippen LogP contribution in [0.3, 0.4) is 0 Å². The summed E-state index contributed by atoms with van der Waals surface area (Å²) in [5.41, 5.74) is 3.07. The van der Waals surface area contributed by atoms with E-state index < -0.39 is 18.5 Å². The Morgan fingerprint density at radius 1 is 0.864 bits per heavy atom. The SMILES string of the molecule is O[C@@H](Cc1ccccc1)[C@@H](O)C1OCc2ccccc2CO1. The molecule has 2 aromatic rings. The molecule has 0 aliphatic carbocycles. The molecule has 0 unspecified atom stereocenters. The van der Waals surface area contributed by atoms with E-state index in [2.05, 4.69) is 0 Å². The van der Waals surface area contributed by atoms with Gasteiger partial charge >= 0.3 is 0 Å². The molecule has 1 aliphatic heterocycles. The van der Waals surface area contributed by atoms with E-state index in [9.17, 15) is 10.2 Å². The molecular weight excluding hydrogens is 280 g/mol. The summed E-state index contributed by atoms with van der Waals surface area (Å²) in [5, 5.41) is 20.5. The lowest BCUT2D eigenvalue weighted by molar-refractivity contribution is -0.220. The molecule has 0 saturated heterocycles. The summed E-state index contributed by atoms with van der Waals surface area (Å²) < 4.78 is 11.2. The van der Waals surface area contributed by atoms with E-state index >= 15 is 0 Å². The lowest BCUT2D eigenvalue weighted by Gasteiger charge is -2.25. The minimum atomic E-state index is -1.09. The van der Waals surface area contributed by atoms with Crippen LogP contribution in [0.2, 0.25) is 0 Å². The van der Waals surface area contributed by atoms with Gasteiger partial charge in [-0.1, -0.05) is 54.6 Å². The van der Waals surface area contributed by atoms with Gasteiger partial charge in [-0.2, -0.15) is 0 Å². The van der Waals surface area contributed by atoms with Crippen molar-refractivity contribution in [2.45, 2.75) is 38.1 Å². The predicted molar refractivity (Wildman–Crippen MR) is 82.0 cm³/mol.